The number of fused-ring (bicyclic) bond motifs is 2. The number of nitrogens with zero attached hydrogens (tertiary/aromatic N) is 2. The zero-order valence-electron chi connectivity index (χ0n) is 11.5. The number of nitrogens with two attached hydrogens (primary N) is 1. The van der Waals surface area contributed by atoms with E-state index in [0.29, 0.717) is 6.54 Å². The van der Waals surface area contributed by atoms with Crippen LogP contribution in [0.3, 0.4) is 0 Å². The van der Waals surface area contributed by atoms with E-state index in [1.165, 1.54) is 0 Å². The van der Waals surface area contributed by atoms with Crippen LogP contribution in [-0.4, -0.2) is 33.4 Å². The number of imidazole rings is 1. The van der Waals surface area contributed by atoms with Gasteiger partial charge in [0.05, 0.1) is 30.4 Å². The van der Waals surface area contributed by atoms with E-state index >= 15 is 0 Å². The van der Waals surface area contributed by atoms with Crippen LogP contribution in [0.2, 0.25) is 0 Å². The smallest absolute Gasteiger partial charge is 0.105 e. The van der Waals surface area contributed by atoms with E-state index in [1.54, 1.807) is 12.5 Å². The number of hydrogen-bond donors (Lipinski definition) is 2. The van der Waals surface area contributed by atoms with E-state index in [9.17, 15) is 5.11 Å². The van der Waals surface area contributed by atoms with Crippen molar-refractivity contribution < 1.29 is 9.84 Å². The number of hydrogen-bond acceptors (Lipinski definition) is 4. The largest absolute Gasteiger partial charge is 0.386 e. The van der Waals surface area contributed by atoms with Gasteiger partial charge in [-0.05, 0) is 25.7 Å². The predicted octanol–water partition coefficient (Wildman–Crippen LogP) is 1.22. The van der Waals surface area contributed by atoms with Crippen LogP contribution in [0.15, 0.2) is 12.5 Å². The van der Waals surface area contributed by atoms with Crippen molar-refractivity contribution in [1.29, 1.82) is 0 Å². The number of aromatic nitrogens is 2. The van der Waals surface area contributed by atoms with Gasteiger partial charge in [0.2, 0.25) is 0 Å². The SMILES string of the molecule is CCCn1cncc1C(O)C1(CN)CC2CCC1O2. The number of ether oxygens (including phenoxy) is 1. The first kappa shape index (κ1) is 13.1. The molecule has 4 unspecified atom stereocenters. The van der Waals surface area contributed by atoms with Crippen molar-refractivity contribution in [3.05, 3.63) is 18.2 Å². The third kappa shape index (κ3) is 1.91. The average molecular weight is 265 g/mol. The molecule has 0 radical (unpaired) electrons. The molecule has 2 aliphatic rings. The Morgan fingerprint density at radius 2 is 2.47 bits per heavy atom. The minimum atomic E-state index is -0.582. The summed E-state index contributed by atoms with van der Waals surface area (Å²) < 4.78 is 7.96. The third-order valence-corrected chi connectivity index (χ3v) is 4.77. The van der Waals surface area contributed by atoms with Crippen LogP contribution >= 0.6 is 0 Å². The summed E-state index contributed by atoms with van der Waals surface area (Å²) in [5.74, 6) is 0. The Hall–Kier alpha value is -0.910. The fourth-order valence-corrected chi connectivity index (χ4v) is 3.73. The maximum Gasteiger partial charge on any atom is 0.105 e. The molecule has 1 aromatic rings. The lowest BCUT2D eigenvalue weighted by Gasteiger charge is -2.38. The molecule has 2 bridgehead atoms. The van der Waals surface area contributed by atoms with Crippen molar-refractivity contribution in [2.24, 2.45) is 11.1 Å². The highest BCUT2D eigenvalue weighted by molar-refractivity contribution is 5.14. The summed E-state index contributed by atoms with van der Waals surface area (Å²) in [5.41, 5.74) is 6.57. The van der Waals surface area contributed by atoms with Gasteiger partial charge in [-0.1, -0.05) is 6.92 Å². The van der Waals surface area contributed by atoms with E-state index < -0.39 is 6.10 Å². The summed E-state index contributed by atoms with van der Waals surface area (Å²) in [6, 6.07) is 0. The Bertz CT molecular complexity index is 448. The molecule has 3 heterocycles. The first-order valence-corrected chi connectivity index (χ1v) is 7.25. The molecule has 0 aliphatic carbocycles. The number of aliphatic hydroxyl groups excluding tert-OH is 1. The maximum absolute atomic E-state index is 10.9. The van der Waals surface area contributed by atoms with Gasteiger partial charge in [0.25, 0.3) is 0 Å². The second kappa shape index (κ2) is 4.89. The molecule has 0 saturated carbocycles. The molecule has 0 amide bonds. The molecule has 19 heavy (non-hydrogen) atoms. The molecule has 2 fully saturated rings. The highest BCUT2D eigenvalue weighted by Gasteiger charge is 2.56. The van der Waals surface area contributed by atoms with E-state index in [4.69, 9.17) is 10.5 Å². The normalized spacial score (nSPS) is 34.9. The summed E-state index contributed by atoms with van der Waals surface area (Å²) in [5, 5.41) is 10.9. The third-order valence-electron chi connectivity index (χ3n) is 4.77. The molecule has 4 atom stereocenters. The fourth-order valence-electron chi connectivity index (χ4n) is 3.73. The van der Waals surface area contributed by atoms with E-state index in [1.807, 2.05) is 4.57 Å². The molecule has 5 heteroatoms. The van der Waals surface area contributed by atoms with Crippen LogP contribution < -0.4 is 5.73 Å². The first-order chi connectivity index (χ1) is 9.21. The summed E-state index contributed by atoms with van der Waals surface area (Å²) in [6.07, 6.45) is 7.37. The van der Waals surface area contributed by atoms with Crippen LogP contribution in [0.5, 0.6) is 0 Å². The highest BCUT2D eigenvalue weighted by Crippen LogP contribution is 2.53. The minimum absolute atomic E-state index is 0.0995. The Balaban J connectivity index is 1.89. The van der Waals surface area contributed by atoms with Gasteiger partial charge in [-0.3, -0.25) is 0 Å². The van der Waals surface area contributed by atoms with Crippen molar-refractivity contribution in [2.45, 2.75) is 57.5 Å². The lowest BCUT2D eigenvalue weighted by Crippen LogP contribution is -2.45. The summed E-state index contributed by atoms with van der Waals surface area (Å²) in [4.78, 5) is 4.18. The van der Waals surface area contributed by atoms with Crippen molar-refractivity contribution in [3.8, 4) is 0 Å². The molecule has 106 valence electrons. The standard InChI is InChI=1S/C14H23N3O2/c1-2-5-17-9-16-7-11(17)13(18)14(8-15)6-10-3-4-12(14)19-10/h7,9-10,12-13,18H,2-6,8,15H2,1H3. The van der Waals surface area contributed by atoms with Crippen molar-refractivity contribution in [1.82, 2.24) is 9.55 Å². The second-order valence-corrected chi connectivity index (χ2v) is 5.88. The van der Waals surface area contributed by atoms with Crippen molar-refractivity contribution in [3.63, 3.8) is 0 Å². The van der Waals surface area contributed by atoms with Crippen LogP contribution in [0.1, 0.15) is 44.4 Å². The van der Waals surface area contributed by atoms with Gasteiger partial charge >= 0.3 is 0 Å². The topological polar surface area (TPSA) is 73.3 Å². The minimum Gasteiger partial charge on any atom is -0.386 e. The molecule has 5 nitrogen and oxygen atoms in total. The molecular weight excluding hydrogens is 242 g/mol. The molecule has 1 aromatic heterocycles. The summed E-state index contributed by atoms with van der Waals surface area (Å²) in [6.45, 7) is 3.46. The lowest BCUT2D eigenvalue weighted by molar-refractivity contribution is -0.0302. The second-order valence-electron chi connectivity index (χ2n) is 5.88. The molecular formula is C14H23N3O2. The molecule has 2 saturated heterocycles. The zero-order chi connectivity index (χ0) is 13.5. The number of rotatable bonds is 5. The van der Waals surface area contributed by atoms with Crippen LogP contribution in [-0.2, 0) is 11.3 Å². The van der Waals surface area contributed by atoms with Crippen LogP contribution in [0, 0.1) is 5.41 Å². The number of aliphatic hydroxyl groups is 1. The molecule has 2 aliphatic heterocycles. The molecule has 3 N–H and O–H groups in total. The van der Waals surface area contributed by atoms with E-state index in [2.05, 4.69) is 11.9 Å². The quantitative estimate of drug-likeness (QED) is 0.839. The van der Waals surface area contributed by atoms with Crippen LogP contribution in [0.4, 0.5) is 0 Å². The fraction of sp³-hybridized carbons (Fsp3) is 0.786. The van der Waals surface area contributed by atoms with Gasteiger partial charge in [0, 0.05) is 18.5 Å². The van der Waals surface area contributed by atoms with E-state index in [0.717, 1.165) is 37.9 Å². The van der Waals surface area contributed by atoms with Crippen LogP contribution in [0.25, 0.3) is 0 Å². The van der Waals surface area contributed by atoms with Gasteiger partial charge in [0.1, 0.15) is 6.10 Å². The molecule has 0 aromatic carbocycles. The summed E-state index contributed by atoms with van der Waals surface area (Å²) >= 11 is 0. The van der Waals surface area contributed by atoms with Crippen molar-refractivity contribution in [2.75, 3.05) is 6.54 Å². The predicted molar refractivity (Wildman–Crippen MR) is 71.5 cm³/mol. The average Bonchev–Trinajstić information content (AvgIpc) is 3.13. The highest BCUT2D eigenvalue weighted by atomic mass is 16.5. The van der Waals surface area contributed by atoms with Gasteiger partial charge in [0.15, 0.2) is 0 Å². The van der Waals surface area contributed by atoms with Gasteiger partial charge in [-0.25, -0.2) is 4.98 Å². The summed E-state index contributed by atoms with van der Waals surface area (Å²) in [7, 11) is 0. The lowest BCUT2D eigenvalue weighted by atomic mass is 9.69. The number of aryl methyl sites for hydroxylation is 1. The van der Waals surface area contributed by atoms with Gasteiger partial charge < -0.3 is 20.1 Å². The Kier molecular flexibility index (Phi) is 3.37. The van der Waals surface area contributed by atoms with E-state index in [-0.39, 0.29) is 17.6 Å². The van der Waals surface area contributed by atoms with Gasteiger partial charge in [-0.15, -0.1) is 0 Å². The maximum atomic E-state index is 10.9. The molecule has 3 rings (SSSR count). The monoisotopic (exact) mass is 265 g/mol. The Labute approximate surface area is 113 Å². The Morgan fingerprint density at radius 1 is 1.63 bits per heavy atom. The Morgan fingerprint density at radius 3 is 3.05 bits per heavy atom. The zero-order valence-corrected chi connectivity index (χ0v) is 11.5. The van der Waals surface area contributed by atoms with Crippen molar-refractivity contribution >= 4 is 0 Å². The molecule has 0 spiro atoms. The first-order valence-electron chi connectivity index (χ1n) is 7.25. The van der Waals surface area contributed by atoms with Gasteiger partial charge in [-0.2, -0.15) is 0 Å².